The van der Waals surface area contributed by atoms with Crippen molar-refractivity contribution in [2.24, 2.45) is 0 Å². The number of nitrogens with one attached hydrogen (secondary N) is 2. The fraction of sp³-hybridized carbons (Fsp3) is 0.538. The molecule has 0 aliphatic carbocycles. The van der Waals surface area contributed by atoms with Crippen molar-refractivity contribution in [2.45, 2.75) is 19.9 Å². The van der Waals surface area contributed by atoms with Crippen LogP contribution in [0.15, 0.2) is 24.3 Å². The Kier molecular flexibility index (Phi) is 7.01. The minimum absolute atomic E-state index is 0.462. The van der Waals surface area contributed by atoms with Gasteiger partial charge in [0.2, 0.25) is 0 Å². The van der Waals surface area contributed by atoms with Gasteiger partial charge in [-0.05, 0) is 37.7 Å². The number of likely N-dealkylation sites (N-methyl/N-ethyl adjacent to an activating group) is 1. The monoisotopic (exact) mass is 256 g/mol. The van der Waals surface area contributed by atoms with E-state index in [1.807, 2.05) is 24.3 Å². The van der Waals surface area contributed by atoms with Gasteiger partial charge in [0.1, 0.15) is 12.4 Å². The molecule has 2 N–H and O–H groups in total. The molecule has 1 rings (SSSR count). The van der Waals surface area contributed by atoms with Crippen LogP contribution in [0.1, 0.15) is 13.8 Å². The molecule has 0 spiro atoms. The van der Waals surface area contributed by atoms with Gasteiger partial charge in [-0.2, -0.15) is 0 Å². The lowest BCUT2D eigenvalue weighted by Crippen LogP contribution is -2.38. The standard InChI is InChI=1S/C13H21ClN2O/c1-3-15-10-11(2)16-8-9-17-13-6-4-12(14)5-7-13/h4-7,11,15-16H,3,8-10H2,1-2H3. The number of hydrogen-bond acceptors (Lipinski definition) is 3. The maximum absolute atomic E-state index is 5.79. The van der Waals surface area contributed by atoms with Gasteiger partial charge in [-0.3, -0.25) is 0 Å². The molecule has 0 aliphatic heterocycles. The second-order valence-corrected chi connectivity index (χ2v) is 4.40. The fourth-order valence-electron chi connectivity index (χ4n) is 1.44. The Hall–Kier alpha value is -0.770. The Bertz CT molecular complexity index is 303. The predicted octanol–water partition coefficient (Wildman–Crippen LogP) is 2.31. The van der Waals surface area contributed by atoms with Gasteiger partial charge in [0.15, 0.2) is 0 Å². The molecule has 4 heteroatoms. The van der Waals surface area contributed by atoms with Crippen LogP contribution in [0.3, 0.4) is 0 Å². The molecule has 0 aliphatic rings. The predicted molar refractivity (Wildman–Crippen MR) is 73.0 cm³/mol. The van der Waals surface area contributed by atoms with E-state index in [-0.39, 0.29) is 0 Å². The van der Waals surface area contributed by atoms with Crippen LogP contribution in [0, 0.1) is 0 Å². The van der Waals surface area contributed by atoms with E-state index in [1.54, 1.807) is 0 Å². The van der Waals surface area contributed by atoms with Crippen LogP contribution in [0.5, 0.6) is 5.75 Å². The Morgan fingerprint density at radius 1 is 1.29 bits per heavy atom. The van der Waals surface area contributed by atoms with Gasteiger partial charge < -0.3 is 15.4 Å². The van der Waals surface area contributed by atoms with Gasteiger partial charge in [0.25, 0.3) is 0 Å². The van der Waals surface area contributed by atoms with Gasteiger partial charge in [-0.15, -0.1) is 0 Å². The van der Waals surface area contributed by atoms with Gasteiger partial charge in [-0.1, -0.05) is 18.5 Å². The normalized spacial score (nSPS) is 12.4. The molecule has 1 aromatic rings. The van der Waals surface area contributed by atoms with Crippen molar-refractivity contribution in [1.82, 2.24) is 10.6 Å². The third kappa shape index (κ3) is 6.51. The second kappa shape index (κ2) is 8.34. The molecule has 3 nitrogen and oxygen atoms in total. The van der Waals surface area contributed by atoms with Crippen LogP contribution in [-0.4, -0.2) is 32.3 Å². The fourth-order valence-corrected chi connectivity index (χ4v) is 1.56. The first kappa shape index (κ1) is 14.3. The smallest absolute Gasteiger partial charge is 0.119 e. The Morgan fingerprint density at radius 2 is 2.00 bits per heavy atom. The quantitative estimate of drug-likeness (QED) is 0.701. The zero-order valence-corrected chi connectivity index (χ0v) is 11.3. The average molecular weight is 257 g/mol. The highest BCUT2D eigenvalue weighted by Gasteiger charge is 1.99. The van der Waals surface area contributed by atoms with Gasteiger partial charge in [-0.25, -0.2) is 0 Å². The van der Waals surface area contributed by atoms with Crippen molar-refractivity contribution in [3.63, 3.8) is 0 Å². The van der Waals surface area contributed by atoms with Gasteiger partial charge in [0, 0.05) is 24.2 Å². The lowest BCUT2D eigenvalue weighted by atomic mass is 10.3. The summed E-state index contributed by atoms with van der Waals surface area (Å²) in [5, 5.41) is 7.41. The summed E-state index contributed by atoms with van der Waals surface area (Å²) in [4.78, 5) is 0. The molecule has 0 saturated heterocycles. The summed E-state index contributed by atoms with van der Waals surface area (Å²) in [5.74, 6) is 0.857. The molecule has 0 amide bonds. The minimum atomic E-state index is 0.462. The van der Waals surface area contributed by atoms with Crippen LogP contribution in [-0.2, 0) is 0 Å². The SMILES string of the molecule is CCNCC(C)NCCOc1ccc(Cl)cc1. The molecule has 96 valence electrons. The molecular formula is C13H21ClN2O. The Balaban J connectivity index is 2.09. The van der Waals surface area contributed by atoms with E-state index < -0.39 is 0 Å². The Morgan fingerprint density at radius 3 is 2.65 bits per heavy atom. The van der Waals surface area contributed by atoms with Crippen molar-refractivity contribution >= 4 is 11.6 Å². The average Bonchev–Trinajstić information content (AvgIpc) is 2.34. The van der Waals surface area contributed by atoms with E-state index >= 15 is 0 Å². The summed E-state index contributed by atoms with van der Waals surface area (Å²) < 4.78 is 5.57. The lowest BCUT2D eigenvalue weighted by molar-refractivity contribution is 0.306. The molecule has 17 heavy (non-hydrogen) atoms. The van der Waals surface area contributed by atoms with Crippen molar-refractivity contribution in [3.05, 3.63) is 29.3 Å². The highest BCUT2D eigenvalue weighted by molar-refractivity contribution is 6.30. The van der Waals surface area contributed by atoms with Crippen LogP contribution >= 0.6 is 11.6 Å². The van der Waals surface area contributed by atoms with Crippen LogP contribution < -0.4 is 15.4 Å². The minimum Gasteiger partial charge on any atom is -0.492 e. The number of halogens is 1. The molecule has 1 aromatic carbocycles. The summed E-state index contributed by atoms with van der Waals surface area (Å²) in [5.41, 5.74) is 0. The number of benzene rings is 1. The third-order valence-corrected chi connectivity index (χ3v) is 2.63. The second-order valence-electron chi connectivity index (χ2n) is 3.97. The number of ether oxygens (including phenoxy) is 1. The number of hydrogen-bond donors (Lipinski definition) is 2. The topological polar surface area (TPSA) is 33.3 Å². The van der Waals surface area contributed by atoms with Crippen LogP contribution in [0.4, 0.5) is 0 Å². The molecule has 0 bridgehead atoms. The zero-order valence-electron chi connectivity index (χ0n) is 10.5. The molecule has 0 saturated carbocycles. The first-order valence-electron chi connectivity index (χ1n) is 6.05. The van der Waals surface area contributed by atoms with Gasteiger partial charge in [0.05, 0.1) is 0 Å². The lowest BCUT2D eigenvalue weighted by Gasteiger charge is -2.14. The third-order valence-electron chi connectivity index (χ3n) is 2.38. The maximum Gasteiger partial charge on any atom is 0.119 e. The van der Waals surface area contributed by atoms with E-state index in [0.717, 1.165) is 30.4 Å². The first-order valence-corrected chi connectivity index (χ1v) is 6.42. The Labute approximate surface area is 109 Å². The number of rotatable bonds is 8. The van der Waals surface area contributed by atoms with E-state index in [9.17, 15) is 0 Å². The summed E-state index contributed by atoms with van der Waals surface area (Å²) in [6.45, 7) is 7.76. The molecule has 0 aromatic heterocycles. The summed E-state index contributed by atoms with van der Waals surface area (Å²) >= 11 is 5.79. The van der Waals surface area contributed by atoms with Crippen molar-refractivity contribution in [1.29, 1.82) is 0 Å². The van der Waals surface area contributed by atoms with Crippen molar-refractivity contribution in [2.75, 3.05) is 26.2 Å². The molecular weight excluding hydrogens is 236 g/mol. The van der Waals surface area contributed by atoms with Crippen molar-refractivity contribution in [3.8, 4) is 5.75 Å². The van der Waals surface area contributed by atoms with Gasteiger partial charge >= 0.3 is 0 Å². The zero-order chi connectivity index (χ0) is 12.5. The van der Waals surface area contributed by atoms with E-state index in [1.165, 1.54) is 0 Å². The molecule has 0 radical (unpaired) electrons. The maximum atomic E-state index is 5.79. The van der Waals surface area contributed by atoms with E-state index in [2.05, 4.69) is 24.5 Å². The first-order chi connectivity index (χ1) is 8.22. The molecule has 1 unspecified atom stereocenters. The largest absolute Gasteiger partial charge is 0.492 e. The summed E-state index contributed by atoms with van der Waals surface area (Å²) in [6, 6.07) is 7.88. The van der Waals surface area contributed by atoms with E-state index in [4.69, 9.17) is 16.3 Å². The molecule has 1 atom stereocenters. The summed E-state index contributed by atoms with van der Waals surface area (Å²) in [6.07, 6.45) is 0. The highest BCUT2D eigenvalue weighted by Crippen LogP contribution is 2.14. The molecule has 0 fully saturated rings. The van der Waals surface area contributed by atoms with Crippen molar-refractivity contribution < 1.29 is 4.74 Å². The summed E-state index contributed by atoms with van der Waals surface area (Å²) in [7, 11) is 0. The van der Waals surface area contributed by atoms with E-state index in [0.29, 0.717) is 12.6 Å². The highest BCUT2D eigenvalue weighted by atomic mass is 35.5. The van der Waals surface area contributed by atoms with Crippen LogP contribution in [0.2, 0.25) is 5.02 Å². The van der Waals surface area contributed by atoms with Crippen LogP contribution in [0.25, 0.3) is 0 Å². The molecule has 0 heterocycles.